The monoisotopic (exact) mass is 384 g/mol. The lowest BCUT2D eigenvalue weighted by Crippen LogP contribution is -2.36. The summed E-state index contributed by atoms with van der Waals surface area (Å²) in [5, 5.41) is 21.1. The number of phenols is 1. The van der Waals surface area contributed by atoms with Gasteiger partial charge in [0.05, 0.1) is 12.7 Å². The van der Waals surface area contributed by atoms with Crippen molar-refractivity contribution in [3.8, 4) is 11.5 Å². The molecule has 0 aromatic heterocycles. The Hall–Kier alpha value is -2.41. The maximum Gasteiger partial charge on any atom is 0.185 e. The first-order chi connectivity index (χ1) is 13.4. The Morgan fingerprint density at radius 2 is 2.00 bits per heavy atom. The lowest BCUT2D eigenvalue weighted by Gasteiger charge is -2.31. The summed E-state index contributed by atoms with van der Waals surface area (Å²) < 4.78 is 17.4. The number of fused-ring (bicyclic) bond motifs is 2. The van der Waals surface area contributed by atoms with E-state index in [4.69, 9.17) is 14.2 Å². The molecule has 28 heavy (non-hydrogen) atoms. The predicted molar refractivity (Wildman–Crippen MR) is 102 cm³/mol. The minimum atomic E-state index is -1.10. The Labute approximate surface area is 163 Å². The van der Waals surface area contributed by atoms with Crippen LogP contribution in [-0.4, -0.2) is 35.3 Å². The Balaban J connectivity index is 1.91. The zero-order valence-corrected chi connectivity index (χ0v) is 16.2. The third kappa shape index (κ3) is 2.98. The molecule has 2 aromatic rings. The highest BCUT2D eigenvalue weighted by atomic mass is 16.7. The first-order valence-corrected chi connectivity index (χ1v) is 9.40. The van der Waals surface area contributed by atoms with Gasteiger partial charge in [-0.1, -0.05) is 18.2 Å². The fraction of sp³-hybridized carbons (Fsp3) is 0.409. The molecule has 2 N–H and O–H groups in total. The van der Waals surface area contributed by atoms with Crippen molar-refractivity contribution < 1.29 is 29.2 Å². The molecule has 6 nitrogen and oxygen atoms in total. The largest absolute Gasteiger partial charge is 0.508 e. The molecule has 0 fully saturated rings. The fourth-order valence-electron chi connectivity index (χ4n) is 4.29. The van der Waals surface area contributed by atoms with Gasteiger partial charge >= 0.3 is 0 Å². The van der Waals surface area contributed by atoms with Crippen LogP contribution in [0.2, 0.25) is 0 Å². The standard InChI is InChI=1S/C22H24O6/c1-4-27-21-13-6-5-7-16(26-3)18(13)20(28-21)19-14(23)9-8-12-10-22(2,25)11-15(24)17(12)19/h5-9,20-21,23,25H,4,10-11H2,1-3H3/t20-,21+,22+/m0/s1. The molecule has 2 aliphatic rings. The van der Waals surface area contributed by atoms with E-state index in [1.54, 1.807) is 26.2 Å². The Morgan fingerprint density at radius 3 is 2.71 bits per heavy atom. The quantitative estimate of drug-likeness (QED) is 0.840. The first kappa shape index (κ1) is 18.9. The van der Waals surface area contributed by atoms with Gasteiger partial charge < -0.3 is 24.4 Å². The molecule has 0 spiro atoms. The second kappa shape index (κ2) is 6.88. The minimum Gasteiger partial charge on any atom is -0.508 e. The molecule has 0 bridgehead atoms. The lowest BCUT2D eigenvalue weighted by atomic mass is 9.77. The van der Waals surface area contributed by atoms with Crippen LogP contribution >= 0.6 is 0 Å². The van der Waals surface area contributed by atoms with Crippen molar-refractivity contribution in [1.82, 2.24) is 0 Å². The van der Waals surface area contributed by atoms with Crippen LogP contribution in [0, 0.1) is 0 Å². The number of benzene rings is 2. The summed E-state index contributed by atoms with van der Waals surface area (Å²) in [6.45, 7) is 3.98. The third-order valence-electron chi connectivity index (χ3n) is 5.38. The number of Topliss-reactive ketones (excluding diaryl/α,β-unsaturated/α-hetero) is 1. The van der Waals surface area contributed by atoms with Crippen LogP contribution in [-0.2, 0) is 15.9 Å². The van der Waals surface area contributed by atoms with Gasteiger partial charge in [-0.05, 0) is 31.5 Å². The number of rotatable bonds is 4. The SMILES string of the molecule is CCO[C@@H]1O[C@H](c2c(O)ccc3c2C(=O)C[C@](C)(O)C3)c2c(OC)cccc21. The average Bonchev–Trinajstić information content (AvgIpc) is 3.00. The highest BCUT2D eigenvalue weighted by Crippen LogP contribution is 2.51. The Kier molecular flexibility index (Phi) is 4.65. The highest BCUT2D eigenvalue weighted by Gasteiger charge is 2.42. The number of aromatic hydroxyl groups is 1. The molecule has 1 heterocycles. The molecule has 0 saturated carbocycles. The molecule has 0 amide bonds. The molecular formula is C22H24O6. The van der Waals surface area contributed by atoms with Gasteiger partial charge in [-0.2, -0.15) is 0 Å². The normalized spacial score (nSPS) is 26.1. The number of hydrogen-bond donors (Lipinski definition) is 2. The van der Waals surface area contributed by atoms with Crippen molar-refractivity contribution >= 4 is 5.78 Å². The molecule has 1 aliphatic carbocycles. The van der Waals surface area contributed by atoms with E-state index in [0.717, 1.165) is 11.1 Å². The Bertz CT molecular complexity index is 933. The minimum absolute atomic E-state index is 0.00313. The van der Waals surface area contributed by atoms with E-state index in [9.17, 15) is 15.0 Å². The van der Waals surface area contributed by atoms with E-state index in [0.29, 0.717) is 35.5 Å². The molecule has 3 atom stereocenters. The van der Waals surface area contributed by atoms with Crippen molar-refractivity contribution in [2.24, 2.45) is 0 Å². The van der Waals surface area contributed by atoms with Crippen molar-refractivity contribution in [3.63, 3.8) is 0 Å². The number of ketones is 1. The van der Waals surface area contributed by atoms with Gasteiger partial charge in [0.1, 0.15) is 17.6 Å². The molecule has 2 aromatic carbocycles. The number of hydrogen-bond acceptors (Lipinski definition) is 6. The van der Waals surface area contributed by atoms with Gasteiger partial charge in [0, 0.05) is 41.7 Å². The maximum atomic E-state index is 12.9. The van der Waals surface area contributed by atoms with Crippen molar-refractivity contribution in [3.05, 3.63) is 58.1 Å². The molecule has 148 valence electrons. The summed E-state index contributed by atoms with van der Waals surface area (Å²) in [6, 6.07) is 8.82. The summed E-state index contributed by atoms with van der Waals surface area (Å²) in [6.07, 6.45) is -0.986. The molecular weight excluding hydrogens is 360 g/mol. The zero-order chi connectivity index (χ0) is 20.1. The number of carbonyl (C=O) groups is 1. The topological polar surface area (TPSA) is 85.2 Å². The van der Waals surface area contributed by atoms with Crippen molar-refractivity contribution in [2.75, 3.05) is 13.7 Å². The van der Waals surface area contributed by atoms with E-state index in [1.165, 1.54) is 0 Å². The summed E-state index contributed by atoms with van der Waals surface area (Å²) >= 11 is 0. The number of phenolic OH excluding ortho intramolecular Hbond substituents is 1. The van der Waals surface area contributed by atoms with Crippen LogP contribution in [0.4, 0.5) is 0 Å². The van der Waals surface area contributed by atoms with E-state index in [2.05, 4.69) is 0 Å². The van der Waals surface area contributed by atoms with E-state index in [-0.39, 0.29) is 18.0 Å². The predicted octanol–water partition coefficient (Wildman–Crippen LogP) is 3.44. The Morgan fingerprint density at radius 1 is 1.21 bits per heavy atom. The van der Waals surface area contributed by atoms with E-state index < -0.39 is 18.0 Å². The maximum absolute atomic E-state index is 12.9. The van der Waals surface area contributed by atoms with Gasteiger partial charge in [0.2, 0.25) is 0 Å². The van der Waals surface area contributed by atoms with Gasteiger partial charge in [-0.25, -0.2) is 0 Å². The molecule has 6 heteroatoms. The smallest absolute Gasteiger partial charge is 0.185 e. The molecule has 0 unspecified atom stereocenters. The lowest BCUT2D eigenvalue weighted by molar-refractivity contribution is -0.148. The molecule has 1 aliphatic heterocycles. The molecule has 4 rings (SSSR count). The van der Waals surface area contributed by atoms with Crippen LogP contribution in [0.25, 0.3) is 0 Å². The summed E-state index contributed by atoms with van der Waals surface area (Å²) in [5.74, 6) is 0.377. The van der Waals surface area contributed by atoms with Gasteiger partial charge in [-0.15, -0.1) is 0 Å². The summed E-state index contributed by atoms with van der Waals surface area (Å²) in [4.78, 5) is 12.9. The van der Waals surface area contributed by atoms with Gasteiger partial charge in [-0.3, -0.25) is 4.79 Å². The number of methoxy groups -OCH3 is 1. The first-order valence-electron chi connectivity index (χ1n) is 9.40. The van der Waals surface area contributed by atoms with Crippen LogP contribution in [0.5, 0.6) is 11.5 Å². The van der Waals surface area contributed by atoms with Gasteiger partial charge in [0.15, 0.2) is 12.1 Å². The van der Waals surface area contributed by atoms with E-state index in [1.807, 2.05) is 25.1 Å². The highest BCUT2D eigenvalue weighted by molar-refractivity contribution is 6.01. The summed E-state index contributed by atoms with van der Waals surface area (Å²) in [5.41, 5.74) is 2.00. The van der Waals surface area contributed by atoms with Crippen LogP contribution in [0.15, 0.2) is 30.3 Å². The fourth-order valence-corrected chi connectivity index (χ4v) is 4.29. The van der Waals surface area contributed by atoms with Crippen molar-refractivity contribution in [2.45, 2.75) is 44.7 Å². The second-order valence-electron chi connectivity index (χ2n) is 7.57. The average molecular weight is 384 g/mol. The second-order valence-corrected chi connectivity index (χ2v) is 7.57. The zero-order valence-electron chi connectivity index (χ0n) is 16.2. The summed E-state index contributed by atoms with van der Waals surface area (Å²) in [7, 11) is 1.57. The number of aliphatic hydroxyl groups is 1. The van der Waals surface area contributed by atoms with Crippen LogP contribution in [0.1, 0.15) is 65.3 Å². The van der Waals surface area contributed by atoms with Crippen LogP contribution < -0.4 is 4.74 Å². The number of carbonyl (C=O) groups excluding carboxylic acids is 1. The molecule has 0 saturated heterocycles. The third-order valence-corrected chi connectivity index (χ3v) is 5.38. The van der Waals surface area contributed by atoms with Crippen LogP contribution in [0.3, 0.4) is 0 Å². The van der Waals surface area contributed by atoms with Crippen molar-refractivity contribution in [1.29, 1.82) is 0 Å². The number of ether oxygens (including phenoxy) is 3. The molecule has 0 radical (unpaired) electrons. The van der Waals surface area contributed by atoms with Gasteiger partial charge in [0.25, 0.3) is 0 Å². The van der Waals surface area contributed by atoms with E-state index >= 15 is 0 Å².